The molecule has 3 aromatic carbocycles. The minimum Gasteiger partial charge on any atom is -0.507 e. The van der Waals surface area contributed by atoms with Crippen LogP contribution in [0.3, 0.4) is 0 Å². The summed E-state index contributed by atoms with van der Waals surface area (Å²) in [5.41, 5.74) is 2.89. The summed E-state index contributed by atoms with van der Waals surface area (Å²) in [7, 11) is 0. The Morgan fingerprint density at radius 1 is 0.970 bits per heavy atom. The van der Waals surface area contributed by atoms with Gasteiger partial charge in [0.25, 0.3) is 11.7 Å². The third-order valence-electron chi connectivity index (χ3n) is 5.55. The third-order valence-corrected chi connectivity index (χ3v) is 5.55. The molecule has 0 saturated carbocycles. The van der Waals surface area contributed by atoms with Crippen molar-refractivity contribution in [2.75, 3.05) is 11.5 Å². The molecule has 168 valence electrons. The molecular weight excluding hydrogens is 414 g/mol. The lowest BCUT2D eigenvalue weighted by molar-refractivity contribution is -0.132. The van der Waals surface area contributed by atoms with Crippen LogP contribution >= 0.6 is 0 Å². The Kier molecular flexibility index (Phi) is 6.31. The Morgan fingerprint density at radius 2 is 1.67 bits per heavy atom. The van der Waals surface area contributed by atoms with E-state index in [-0.39, 0.29) is 11.3 Å². The van der Waals surface area contributed by atoms with E-state index < -0.39 is 17.7 Å². The number of ether oxygens (including phenoxy) is 1. The summed E-state index contributed by atoms with van der Waals surface area (Å²) in [6, 6.07) is 22.9. The predicted molar refractivity (Wildman–Crippen MR) is 129 cm³/mol. The number of ketones is 1. The summed E-state index contributed by atoms with van der Waals surface area (Å²) in [4.78, 5) is 27.8. The van der Waals surface area contributed by atoms with Gasteiger partial charge in [-0.15, -0.1) is 0 Å². The van der Waals surface area contributed by atoms with E-state index in [1.54, 1.807) is 36.4 Å². The Bertz CT molecular complexity index is 1200. The van der Waals surface area contributed by atoms with E-state index in [0.717, 1.165) is 11.1 Å². The normalized spacial score (nSPS) is 17.6. The van der Waals surface area contributed by atoms with Crippen molar-refractivity contribution in [2.45, 2.75) is 26.8 Å². The first-order chi connectivity index (χ1) is 15.9. The Morgan fingerprint density at radius 3 is 2.30 bits per heavy atom. The lowest BCUT2D eigenvalue weighted by Gasteiger charge is -2.25. The van der Waals surface area contributed by atoms with Gasteiger partial charge in [-0.3, -0.25) is 14.5 Å². The number of nitrogens with zero attached hydrogens (tertiary/aromatic N) is 1. The average molecular weight is 442 g/mol. The van der Waals surface area contributed by atoms with E-state index in [4.69, 9.17) is 4.74 Å². The maximum Gasteiger partial charge on any atom is 0.300 e. The van der Waals surface area contributed by atoms with Crippen LogP contribution in [-0.4, -0.2) is 23.4 Å². The van der Waals surface area contributed by atoms with E-state index >= 15 is 0 Å². The minimum atomic E-state index is -0.732. The number of aliphatic hydroxyl groups is 1. The number of hydrogen-bond acceptors (Lipinski definition) is 4. The zero-order chi connectivity index (χ0) is 23.5. The van der Waals surface area contributed by atoms with Crippen molar-refractivity contribution >= 4 is 23.1 Å². The number of aliphatic hydroxyl groups excluding tert-OH is 1. The molecule has 33 heavy (non-hydrogen) atoms. The standard InChI is InChI=1S/C28H27NO4/c1-18(2)17-33-23-14-12-20(13-15-23)26(30)24-25(21-9-7-8-19(3)16-21)29(28(32)27(24)31)22-10-5-4-6-11-22/h4-16,18,25,30H,17H2,1-3H3/b26-24-. The van der Waals surface area contributed by atoms with Crippen LogP contribution in [0.15, 0.2) is 84.4 Å². The number of rotatable bonds is 6. The molecule has 1 atom stereocenters. The first-order valence-corrected chi connectivity index (χ1v) is 11.0. The van der Waals surface area contributed by atoms with Crippen LogP contribution in [0.5, 0.6) is 5.75 Å². The van der Waals surface area contributed by atoms with E-state index in [2.05, 4.69) is 13.8 Å². The van der Waals surface area contributed by atoms with E-state index in [9.17, 15) is 14.7 Å². The fourth-order valence-corrected chi connectivity index (χ4v) is 3.97. The molecule has 0 radical (unpaired) electrons. The SMILES string of the molecule is Cc1cccc(C2/C(=C(/O)c3ccc(OCC(C)C)cc3)C(=O)C(=O)N2c2ccccc2)c1. The average Bonchev–Trinajstić information content (AvgIpc) is 3.08. The topological polar surface area (TPSA) is 66.8 Å². The van der Waals surface area contributed by atoms with Crippen molar-refractivity contribution in [1.82, 2.24) is 0 Å². The molecule has 1 amide bonds. The minimum absolute atomic E-state index is 0.0744. The van der Waals surface area contributed by atoms with Crippen molar-refractivity contribution in [1.29, 1.82) is 0 Å². The van der Waals surface area contributed by atoms with Crippen LogP contribution < -0.4 is 9.64 Å². The molecule has 1 fully saturated rings. The van der Waals surface area contributed by atoms with Crippen LogP contribution in [0.2, 0.25) is 0 Å². The van der Waals surface area contributed by atoms with Crippen LogP contribution in [0.25, 0.3) is 5.76 Å². The molecule has 1 aliphatic heterocycles. The number of carbonyl (C=O) groups is 2. The highest BCUT2D eigenvalue weighted by Gasteiger charge is 2.46. The van der Waals surface area contributed by atoms with Crippen molar-refractivity contribution in [2.24, 2.45) is 5.92 Å². The smallest absolute Gasteiger partial charge is 0.300 e. The lowest BCUT2D eigenvalue weighted by Crippen LogP contribution is -2.29. The van der Waals surface area contributed by atoms with E-state index in [1.807, 2.05) is 49.4 Å². The summed E-state index contributed by atoms with van der Waals surface area (Å²) < 4.78 is 5.72. The summed E-state index contributed by atoms with van der Waals surface area (Å²) in [5.74, 6) is -0.496. The van der Waals surface area contributed by atoms with Gasteiger partial charge in [0.05, 0.1) is 18.2 Å². The maximum absolute atomic E-state index is 13.2. The van der Waals surface area contributed by atoms with Crippen LogP contribution in [0.4, 0.5) is 5.69 Å². The van der Waals surface area contributed by atoms with Gasteiger partial charge in [-0.05, 0) is 54.8 Å². The highest BCUT2D eigenvalue weighted by atomic mass is 16.5. The second kappa shape index (κ2) is 9.33. The van der Waals surface area contributed by atoms with Gasteiger partial charge in [-0.1, -0.05) is 61.9 Å². The van der Waals surface area contributed by atoms with Gasteiger partial charge in [0.1, 0.15) is 11.5 Å². The maximum atomic E-state index is 13.2. The summed E-state index contributed by atoms with van der Waals surface area (Å²) in [6.07, 6.45) is 0. The lowest BCUT2D eigenvalue weighted by atomic mass is 9.94. The van der Waals surface area contributed by atoms with Gasteiger partial charge in [-0.2, -0.15) is 0 Å². The molecule has 5 heteroatoms. The zero-order valence-corrected chi connectivity index (χ0v) is 19.0. The van der Waals surface area contributed by atoms with E-state index in [1.165, 1.54) is 4.90 Å². The second-order valence-corrected chi connectivity index (χ2v) is 8.65. The fraction of sp³-hybridized carbons (Fsp3) is 0.214. The number of aryl methyl sites for hydroxylation is 1. The molecule has 4 rings (SSSR count). The number of benzene rings is 3. The number of carbonyl (C=O) groups excluding carboxylic acids is 2. The molecule has 0 spiro atoms. The van der Waals surface area contributed by atoms with Crippen LogP contribution in [0, 0.1) is 12.8 Å². The molecule has 1 heterocycles. The molecule has 5 nitrogen and oxygen atoms in total. The molecule has 1 saturated heterocycles. The molecule has 1 N–H and O–H groups in total. The Balaban J connectivity index is 1.81. The number of anilines is 1. The van der Waals surface area contributed by atoms with Gasteiger partial charge in [0.2, 0.25) is 0 Å². The number of Topliss-reactive ketones (excluding diaryl/α,β-unsaturated/α-hetero) is 1. The summed E-state index contributed by atoms with van der Waals surface area (Å²) in [6.45, 7) is 6.67. The monoisotopic (exact) mass is 441 g/mol. The van der Waals surface area contributed by atoms with Crippen molar-refractivity contribution in [3.63, 3.8) is 0 Å². The largest absolute Gasteiger partial charge is 0.507 e. The zero-order valence-electron chi connectivity index (χ0n) is 19.0. The quantitative estimate of drug-likeness (QED) is 0.305. The second-order valence-electron chi connectivity index (χ2n) is 8.65. The first-order valence-electron chi connectivity index (χ1n) is 11.0. The molecular formula is C28H27NO4. The van der Waals surface area contributed by atoms with Gasteiger partial charge < -0.3 is 9.84 Å². The predicted octanol–water partition coefficient (Wildman–Crippen LogP) is 5.66. The van der Waals surface area contributed by atoms with Crippen molar-refractivity contribution in [3.8, 4) is 5.75 Å². The molecule has 3 aromatic rings. The van der Waals surface area contributed by atoms with Gasteiger partial charge >= 0.3 is 0 Å². The summed E-state index contributed by atoms with van der Waals surface area (Å²) in [5, 5.41) is 11.2. The fourth-order valence-electron chi connectivity index (χ4n) is 3.97. The van der Waals surface area contributed by atoms with Crippen molar-refractivity contribution < 1.29 is 19.4 Å². The Hall–Kier alpha value is -3.86. The van der Waals surface area contributed by atoms with Crippen LogP contribution in [0.1, 0.15) is 36.6 Å². The van der Waals surface area contributed by atoms with Gasteiger partial charge in [-0.25, -0.2) is 0 Å². The molecule has 0 bridgehead atoms. The number of para-hydroxylation sites is 1. The molecule has 1 aliphatic rings. The van der Waals surface area contributed by atoms with Gasteiger partial charge in [0, 0.05) is 11.3 Å². The first kappa shape index (κ1) is 22.3. The third kappa shape index (κ3) is 4.53. The van der Waals surface area contributed by atoms with Crippen molar-refractivity contribution in [3.05, 3.63) is 101 Å². The summed E-state index contributed by atoms with van der Waals surface area (Å²) >= 11 is 0. The van der Waals surface area contributed by atoms with Crippen LogP contribution in [-0.2, 0) is 9.59 Å². The highest BCUT2D eigenvalue weighted by molar-refractivity contribution is 6.51. The highest BCUT2D eigenvalue weighted by Crippen LogP contribution is 2.42. The molecule has 0 aromatic heterocycles. The van der Waals surface area contributed by atoms with E-state index in [0.29, 0.717) is 29.5 Å². The molecule has 0 aliphatic carbocycles. The number of amides is 1. The molecule has 1 unspecified atom stereocenters. The van der Waals surface area contributed by atoms with Gasteiger partial charge in [0.15, 0.2) is 0 Å². The number of hydrogen-bond donors (Lipinski definition) is 1. The Labute approximate surface area is 193 Å².